The summed E-state index contributed by atoms with van der Waals surface area (Å²) in [4.78, 5) is 10.6. The van der Waals surface area contributed by atoms with Gasteiger partial charge in [-0.05, 0) is 42.9 Å². The van der Waals surface area contributed by atoms with Crippen LogP contribution in [0.2, 0.25) is 0 Å². The average molecular weight is 227 g/mol. The van der Waals surface area contributed by atoms with E-state index in [2.05, 4.69) is 17.3 Å². The molecule has 1 heterocycles. The van der Waals surface area contributed by atoms with Gasteiger partial charge in [-0.2, -0.15) is 0 Å². The Morgan fingerprint density at radius 2 is 1.94 bits per heavy atom. The highest BCUT2D eigenvalue weighted by Crippen LogP contribution is 2.27. The molecule has 3 heteroatoms. The minimum absolute atomic E-state index is 0.345. The topological polar surface area (TPSA) is 43.1 Å². The first kappa shape index (κ1) is 10.3. The van der Waals surface area contributed by atoms with Crippen molar-refractivity contribution in [1.29, 1.82) is 0 Å². The molecule has 0 N–H and O–H groups in total. The summed E-state index contributed by atoms with van der Waals surface area (Å²) in [6, 6.07) is 8.04. The van der Waals surface area contributed by atoms with Crippen LogP contribution in [0.15, 0.2) is 28.8 Å². The van der Waals surface area contributed by atoms with Crippen LogP contribution in [-0.4, -0.2) is 11.4 Å². The molecule has 2 aromatic rings. The van der Waals surface area contributed by atoms with Crippen molar-refractivity contribution in [3.05, 3.63) is 41.1 Å². The molecule has 1 aromatic carbocycles. The predicted molar refractivity (Wildman–Crippen MR) is 64.0 cm³/mol. The first-order chi connectivity index (χ1) is 8.36. The van der Waals surface area contributed by atoms with Crippen LogP contribution in [-0.2, 0) is 12.8 Å². The molecule has 0 spiro atoms. The van der Waals surface area contributed by atoms with Crippen LogP contribution < -0.4 is 0 Å². The molecule has 0 atom stereocenters. The van der Waals surface area contributed by atoms with E-state index in [1.807, 2.05) is 6.07 Å². The fourth-order valence-electron chi connectivity index (χ4n) is 2.37. The Morgan fingerprint density at radius 1 is 1.12 bits per heavy atom. The maximum absolute atomic E-state index is 10.6. The number of aryl methyl sites for hydroxylation is 2. The molecule has 1 aromatic heterocycles. The zero-order chi connectivity index (χ0) is 11.7. The normalized spacial score (nSPS) is 14.4. The SMILES string of the molecule is O=Cc1cc(-c2ccc3c(c2)CCCC3)on1. The van der Waals surface area contributed by atoms with Crippen molar-refractivity contribution in [2.75, 3.05) is 0 Å². The minimum atomic E-state index is 0.345. The summed E-state index contributed by atoms with van der Waals surface area (Å²) in [6.07, 6.45) is 5.55. The quantitative estimate of drug-likeness (QED) is 0.740. The van der Waals surface area contributed by atoms with E-state index in [1.54, 1.807) is 6.07 Å². The highest BCUT2D eigenvalue weighted by molar-refractivity contribution is 5.74. The number of nitrogens with zero attached hydrogens (tertiary/aromatic N) is 1. The monoisotopic (exact) mass is 227 g/mol. The summed E-state index contributed by atoms with van der Waals surface area (Å²) in [5.74, 6) is 0.667. The largest absolute Gasteiger partial charge is 0.356 e. The van der Waals surface area contributed by atoms with Crippen LogP contribution >= 0.6 is 0 Å². The van der Waals surface area contributed by atoms with Gasteiger partial charge in [-0.1, -0.05) is 17.3 Å². The van der Waals surface area contributed by atoms with Crippen molar-refractivity contribution in [2.24, 2.45) is 0 Å². The summed E-state index contributed by atoms with van der Waals surface area (Å²) in [5.41, 5.74) is 4.19. The van der Waals surface area contributed by atoms with Gasteiger partial charge >= 0.3 is 0 Å². The lowest BCUT2D eigenvalue weighted by Crippen LogP contribution is -2.02. The lowest BCUT2D eigenvalue weighted by molar-refractivity contribution is 0.111. The van der Waals surface area contributed by atoms with Gasteiger partial charge in [0.1, 0.15) is 5.69 Å². The Bertz CT molecular complexity index is 557. The second kappa shape index (κ2) is 4.17. The Kier molecular flexibility index (Phi) is 2.52. The van der Waals surface area contributed by atoms with Crippen LogP contribution in [0.4, 0.5) is 0 Å². The van der Waals surface area contributed by atoms with Gasteiger partial charge in [0, 0.05) is 11.6 Å². The Hall–Kier alpha value is -1.90. The molecule has 1 aliphatic carbocycles. The molecular formula is C14H13NO2. The summed E-state index contributed by atoms with van der Waals surface area (Å²) in [6.45, 7) is 0. The van der Waals surface area contributed by atoms with E-state index in [-0.39, 0.29) is 0 Å². The van der Waals surface area contributed by atoms with E-state index in [0.717, 1.165) is 12.0 Å². The maximum Gasteiger partial charge on any atom is 0.171 e. The number of aldehydes is 1. The van der Waals surface area contributed by atoms with E-state index >= 15 is 0 Å². The number of rotatable bonds is 2. The van der Waals surface area contributed by atoms with Crippen LogP contribution in [0.25, 0.3) is 11.3 Å². The van der Waals surface area contributed by atoms with Gasteiger partial charge in [0.2, 0.25) is 0 Å². The fourth-order valence-corrected chi connectivity index (χ4v) is 2.37. The lowest BCUT2D eigenvalue weighted by Gasteiger charge is -2.15. The van der Waals surface area contributed by atoms with Crippen molar-refractivity contribution in [3.8, 4) is 11.3 Å². The molecule has 0 aliphatic heterocycles. The van der Waals surface area contributed by atoms with Gasteiger partial charge in [0.05, 0.1) is 0 Å². The molecule has 3 rings (SSSR count). The lowest BCUT2D eigenvalue weighted by atomic mass is 9.90. The van der Waals surface area contributed by atoms with Crippen LogP contribution in [0.1, 0.15) is 34.5 Å². The average Bonchev–Trinajstić information content (AvgIpc) is 2.87. The van der Waals surface area contributed by atoms with E-state index in [4.69, 9.17) is 4.52 Å². The van der Waals surface area contributed by atoms with Gasteiger partial charge in [0.15, 0.2) is 12.0 Å². The van der Waals surface area contributed by atoms with Gasteiger partial charge in [-0.3, -0.25) is 4.79 Å². The summed E-state index contributed by atoms with van der Waals surface area (Å²) >= 11 is 0. The minimum Gasteiger partial charge on any atom is -0.356 e. The number of fused-ring (bicyclic) bond motifs is 1. The predicted octanol–water partition coefficient (Wildman–Crippen LogP) is 3.03. The highest BCUT2D eigenvalue weighted by atomic mass is 16.5. The van der Waals surface area contributed by atoms with Crippen molar-refractivity contribution in [1.82, 2.24) is 5.16 Å². The standard InChI is InChI=1S/C14H13NO2/c16-9-13-8-14(17-15-13)12-6-5-10-3-1-2-4-11(10)7-12/h5-9H,1-4H2. The highest BCUT2D eigenvalue weighted by Gasteiger charge is 2.12. The summed E-state index contributed by atoms with van der Waals surface area (Å²) in [7, 11) is 0. The first-order valence-corrected chi connectivity index (χ1v) is 5.91. The van der Waals surface area contributed by atoms with E-state index < -0.39 is 0 Å². The molecule has 0 bridgehead atoms. The van der Waals surface area contributed by atoms with E-state index in [0.29, 0.717) is 17.7 Å². The molecule has 0 unspecified atom stereocenters. The van der Waals surface area contributed by atoms with Crippen molar-refractivity contribution >= 4 is 6.29 Å². The van der Waals surface area contributed by atoms with Crippen molar-refractivity contribution in [2.45, 2.75) is 25.7 Å². The Balaban J connectivity index is 2.00. The molecule has 0 radical (unpaired) electrons. The molecular weight excluding hydrogens is 214 g/mol. The van der Waals surface area contributed by atoms with Gasteiger partial charge in [0.25, 0.3) is 0 Å². The fraction of sp³-hybridized carbons (Fsp3) is 0.286. The second-order valence-corrected chi connectivity index (χ2v) is 4.42. The number of aromatic nitrogens is 1. The molecule has 86 valence electrons. The van der Waals surface area contributed by atoms with Crippen LogP contribution in [0.3, 0.4) is 0 Å². The zero-order valence-corrected chi connectivity index (χ0v) is 9.48. The summed E-state index contributed by atoms with van der Waals surface area (Å²) < 4.78 is 5.15. The van der Waals surface area contributed by atoms with Gasteiger partial charge in [-0.25, -0.2) is 0 Å². The Labute approximate surface area is 99.4 Å². The van der Waals surface area contributed by atoms with Crippen LogP contribution in [0.5, 0.6) is 0 Å². The third kappa shape index (κ3) is 1.88. The Morgan fingerprint density at radius 3 is 2.71 bits per heavy atom. The number of hydrogen-bond acceptors (Lipinski definition) is 3. The molecule has 17 heavy (non-hydrogen) atoms. The molecule has 3 nitrogen and oxygen atoms in total. The van der Waals surface area contributed by atoms with Gasteiger partial charge < -0.3 is 4.52 Å². The van der Waals surface area contributed by atoms with Crippen LogP contribution in [0, 0.1) is 0 Å². The molecule has 0 amide bonds. The second-order valence-electron chi connectivity index (χ2n) is 4.42. The number of benzene rings is 1. The van der Waals surface area contributed by atoms with E-state index in [1.165, 1.54) is 30.4 Å². The zero-order valence-electron chi connectivity index (χ0n) is 9.48. The molecule has 0 saturated carbocycles. The molecule has 0 saturated heterocycles. The number of hydrogen-bond donors (Lipinski definition) is 0. The molecule has 0 fully saturated rings. The molecule has 1 aliphatic rings. The number of carbonyl (C=O) groups is 1. The summed E-state index contributed by atoms with van der Waals surface area (Å²) in [5, 5.41) is 3.68. The third-order valence-corrected chi connectivity index (χ3v) is 3.28. The van der Waals surface area contributed by atoms with Crippen molar-refractivity contribution in [3.63, 3.8) is 0 Å². The van der Waals surface area contributed by atoms with Gasteiger partial charge in [-0.15, -0.1) is 0 Å². The third-order valence-electron chi connectivity index (χ3n) is 3.28. The first-order valence-electron chi connectivity index (χ1n) is 5.91. The van der Waals surface area contributed by atoms with Crippen molar-refractivity contribution < 1.29 is 9.32 Å². The smallest absolute Gasteiger partial charge is 0.171 e. The number of carbonyl (C=O) groups excluding carboxylic acids is 1. The maximum atomic E-state index is 10.6. The van der Waals surface area contributed by atoms with E-state index in [9.17, 15) is 4.79 Å².